The summed E-state index contributed by atoms with van der Waals surface area (Å²) in [6.45, 7) is 2.39. The highest BCUT2D eigenvalue weighted by atomic mass is 19.4. The first kappa shape index (κ1) is 15.6. The van der Waals surface area contributed by atoms with Gasteiger partial charge in [-0.25, -0.2) is 4.98 Å². The molecule has 2 rings (SSSR count). The summed E-state index contributed by atoms with van der Waals surface area (Å²) in [5.74, 6) is -0.964. The van der Waals surface area contributed by atoms with Crippen molar-refractivity contribution in [3.63, 3.8) is 0 Å². The number of primary amides is 1. The van der Waals surface area contributed by atoms with Gasteiger partial charge in [0.2, 0.25) is 0 Å². The van der Waals surface area contributed by atoms with Crippen LogP contribution in [0.2, 0.25) is 0 Å². The van der Waals surface area contributed by atoms with Crippen LogP contribution in [0, 0.1) is 5.92 Å². The second-order valence-electron chi connectivity index (χ2n) is 5.17. The number of pyridine rings is 1. The highest BCUT2D eigenvalue weighted by Crippen LogP contribution is 2.32. The number of carbonyl (C=O) groups is 1. The second-order valence-corrected chi connectivity index (χ2v) is 5.17. The number of aromatic nitrogens is 1. The molecule has 5 nitrogen and oxygen atoms in total. The molecule has 0 saturated carbocycles. The fourth-order valence-corrected chi connectivity index (χ4v) is 2.41. The van der Waals surface area contributed by atoms with Gasteiger partial charge in [0.15, 0.2) is 0 Å². The van der Waals surface area contributed by atoms with E-state index in [0.717, 1.165) is 12.1 Å². The van der Waals surface area contributed by atoms with E-state index in [2.05, 4.69) is 4.98 Å². The van der Waals surface area contributed by atoms with Crippen molar-refractivity contribution < 1.29 is 23.1 Å². The first-order valence-electron chi connectivity index (χ1n) is 6.51. The van der Waals surface area contributed by atoms with Crippen molar-refractivity contribution in [3.8, 4) is 0 Å². The van der Waals surface area contributed by atoms with Crippen LogP contribution in [0.15, 0.2) is 12.1 Å². The molecule has 2 unspecified atom stereocenters. The van der Waals surface area contributed by atoms with E-state index in [-0.39, 0.29) is 17.3 Å². The zero-order valence-electron chi connectivity index (χ0n) is 11.4. The lowest BCUT2D eigenvalue weighted by Gasteiger charge is -2.21. The fourth-order valence-electron chi connectivity index (χ4n) is 2.41. The maximum atomic E-state index is 12.8. The zero-order chi connectivity index (χ0) is 15.8. The maximum Gasteiger partial charge on any atom is 0.433 e. The summed E-state index contributed by atoms with van der Waals surface area (Å²) in [6.07, 6.45) is -4.54. The number of rotatable bonds is 3. The minimum absolute atomic E-state index is 0.0470. The Hall–Kier alpha value is -1.83. The van der Waals surface area contributed by atoms with Gasteiger partial charge in [-0.15, -0.1) is 0 Å². The topological polar surface area (TPSA) is 79.4 Å². The van der Waals surface area contributed by atoms with Crippen LogP contribution in [0.1, 0.15) is 29.4 Å². The molecule has 1 aromatic heterocycles. The monoisotopic (exact) mass is 303 g/mol. The molecule has 2 atom stereocenters. The van der Waals surface area contributed by atoms with Crippen LogP contribution in [0.3, 0.4) is 0 Å². The molecule has 1 saturated heterocycles. The largest absolute Gasteiger partial charge is 0.433 e. The van der Waals surface area contributed by atoms with Gasteiger partial charge >= 0.3 is 6.18 Å². The van der Waals surface area contributed by atoms with Gasteiger partial charge in [0.25, 0.3) is 5.91 Å². The molecular formula is C13H16F3N3O2. The number of amides is 1. The van der Waals surface area contributed by atoms with Gasteiger partial charge in [-0.1, -0.05) is 0 Å². The van der Waals surface area contributed by atoms with Crippen molar-refractivity contribution in [1.29, 1.82) is 0 Å². The van der Waals surface area contributed by atoms with E-state index < -0.39 is 23.9 Å². The Labute approximate surface area is 119 Å². The van der Waals surface area contributed by atoms with Gasteiger partial charge in [-0.2, -0.15) is 13.2 Å². The lowest BCUT2D eigenvalue weighted by molar-refractivity contribution is -0.141. The Kier molecular flexibility index (Phi) is 4.08. The quantitative estimate of drug-likeness (QED) is 0.885. The molecular weight excluding hydrogens is 287 g/mol. The van der Waals surface area contributed by atoms with E-state index in [0.29, 0.717) is 19.5 Å². The summed E-state index contributed by atoms with van der Waals surface area (Å²) in [5, 5.41) is 9.56. The van der Waals surface area contributed by atoms with Gasteiger partial charge < -0.3 is 15.7 Å². The van der Waals surface area contributed by atoms with Crippen LogP contribution in [0.5, 0.6) is 0 Å². The normalized spacial score (nSPS) is 20.6. The Morgan fingerprint density at radius 3 is 2.67 bits per heavy atom. The minimum Gasteiger partial charge on any atom is -0.393 e. The molecule has 0 aromatic carbocycles. The summed E-state index contributed by atoms with van der Waals surface area (Å²) in [4.78, 5) is 16.5. The molecule has 1 aliphatic rings. The van der Waals surface area contributed by atoms with Gasteiger partial charge in [-0.3, -0.25) is 4.79 Å². The number of anilines is 1. The van der Waals surface area contributed by atoms with Crippen molar-refractivity contribution in [3.05, 3.63) is 23.4 Å². The highest BCUT2D eigenvalue weighted by Gasteiger charge is 2.35. The summed E-state index contributed by atoms with van der Waals surface area (Å²) < 4.78 is 38.3. The molecule has 1 amide bonds. The molecule has 21 heavy (non-hydrogen) atoms. The average molecular weight is 303 g/mol. The van der Waals surface area contributed by atoms with Crippen LogP contribution in [-0.2, 0) is 6.18 Å². The summed E-state index contributed by atoms with van der Waals surface area (Å²) in [5.41, 5.74) is 4.09. The van der Waals surface area contributed by atoms with E-state index in [9.17, 15) is 23.1 Å². The molecule has 1 aliphatic heterocycles. The zero-order valence-corrected chi connectivity index (χ0v) is 11.4. The second kappa shape index (κ2) is 5.51. The number of carbonyl (C=O) groups excluding carboxylic acids is 1. The smallest absolute Gasteiger partial charge is 0.393 e. The molecule has 116 valence electrons. The first-order chi connectivity index (χ1) is 9.70. The number of nitrogens with zero attached hydrogens (tertiary/aromatic N) is 2. The van der Waals surface area contributed by atoms with Gasteiger partial charge in [0, 0.05) is 19.0 Å². The van der Waals surface area contributed by atoms with E-state index in [4.69, 9.17) is 5.73 Å². The van der Waals surface area contributed by atoms with Crippen molar-refractivity contribution >= 4 is 11.7 Å². The van der Waals surface area contributed by atoms with E-state index in [1.54, 1.807) is 11.8 Å². The van der Waals surface area contributed by atoms with Crippen molar-refractivity contribution in [2.45, 2.75) is 25.6 Å². The Bertz CT molecular complexity index is 546. The third kappa shape index (κ3) is 3.26. The number of halogens is 3. The minimum atomic E-state index is -4.59. The van der Waals surface area contributed by atoms with Gasteiger partial charge in [-0.05, 0) is 25.5 Å². The molecule has 2 heterocycles. The summed E-state index contributed by atoms with van der Waals surface area (Å²) in [6, 6.07) is 1.79. The lowest BCUT2D eigenvalue weighted by atomic mass is 10.0. The van der Waals surface area contributed by atoms with Crippen LogP contribution in [-0.4, -0.2) is 35.2 Å². The molecule has 0 spiro atoms. The Morgan fingerprint density at radius 2 is 2.19 bits per heavy atom. The number of alkyl halides is 3. The molecule has 0 aliphatic carbocycles. The van der Waals surface area contributed by atoms with Crippen LogP contribution in [0.25, 0.3) is 0 Å². The van der Waals surface area contributed by atoms with E-state index in [1.807, 2.05) is 0 Å². The molecule has 3 N–H and O–H groups in total. The van der Waals surface area contributed by atoms with Crippen molar-refractivity contribution in [2.24, 2.45) is 11.7 Å². The van der Waals surface area contributed by atoms with Crippen molar-refractivity contribution in [1.82, 2.24) is 4.98 Å². The number of nitrogens with two attached hydrogens (primary N) is 1. The molecule has 8 heteroatoms. The van der Waals surface area contributed by atoms with Gasteiger partial charge in [0.1, 0.15) is 11.5 Å². The molecule has 0 radical (unpaired) electrons. The first-order valence-corrected chi connectivity index (χ1v) is 6.51. The van der Waals surface area contributed by atoms with Crippen LogP contribution < -0.4 is 10.6 Å². The molecule has 1 aromatic rings. The third-order valence-corrected chi connectivity index (χ3v) is 3.64. The Morgan fingerprint density at radius 1 is 1.52 bits per heavy atom. The van der Waals surface area contributed by atoms with E-state index in [1.165, 1.54) is 0 Å². The van der Waals surface area contributed by atoms with Crippen molar-refractivity contribution in [2.75, 3.05) is 18.0 Å². The number of aliphatic hydroxyl groups is 1. The van der Waals surface area contributed by atoms with Crippen LogP contribution >= 0.6 is 0 Å². The summed E-state index contributed by atoms with van der Waals surface area (Å²) in [7, 11) is 0. The average Bonchev–Trinajstić information content (AvgIpc) is 2.86. The number of aliphatic hydroxyl groups excluding tert-OH is 1. The lowest BCUT2D eigenvalue weighted by Crippen LogP contribution is -2.28. The third-order valence-electron chi connectivity index (χ3n) is 3.64. The number of hydrogen-bond donors (Lipinski definition) is 2. The fraction of sp³-hybridized carbons (Fsp3) is 0.538. The highest BCUT2D eigenvalue weighted by molar-refractivity contribution is 5.97. The SMILES string of the molecule is CC(O)C1CCN(c2nc(C(F)(F)F)ccc2C(N)=O)C1. The molecule has 0 bridgehead atoms. The van der Waals surface area contributed by atoms with E-state index >= 15 is 0 Å². The predicted molar refractivity (Wildman–Crippen MR) is 69.8 cm³/mol. The number of hydrogen-bond acceptors (Lipinski definition) is 4. The van der Waals surface area contributed by atoms with Gasteiger partial charge in [0.05, 0.1) is 11.7 Å². The maximum absolute atomic E-state index is 12.8. The summed E-state index contributed by atoms with van der Waals surface area (Å²) >= 11 is 0. The predicted octanol–water partition coefficient (Wildman–Crippen LogP) is 1.41. The van der Waals surface area contributed by atoms with Crippen LogP contribution in [0.4, 0.5) is 19.0 Å². The standard InChI is InChI=1S/C13H16F3N3O2/c1-7(20)8-4-5-19(6-8)12-9(11(17)21)2-3-10(18-12)13(14,15)16/h2-3,7-8,20H,4-6H2,1H3,(H2,17,21). The molecule has 1 fully saturated rings. The Balaban J connectivity index is 2.38.